The van der Waals surface area contributed by atoms with E-state index >= 15 is 0 Å². The number of carboxylic acid groups (broad SMARTS) is 1. The number of carbonyl (C=O) groups is 1. The molecule has 0 unspecified atom stereocenters. The summed E-state index contributed by atoms with van der Waals surface area (Å²) in [6.07, 6.45) is 3.57. The molecular weight excluding hydrogens is 385 g/mol. The molecule has 0 bridgehead atoms. The lowest BCUT2D eigenvalue weighted by Crippen LogP contribution is -1.97. The van der Waals surface area contributed by atoms with Gasteiger partial charge >= 0.3 is 5.97 Å². The van der Waals surface area contributed by atoms with Gasteiger partial charge in [-0.05, 0) is 41.3 Å². The molecule has 134 valence electrons. The SMILES string of the molecule is O=C(O)c1cncc(-c2cccc3cc(Cc4cc(F)cc(Cl)c4)sc23)c1. The first-order valence-electron chi connectivity index (χ1n) is 8.15. The van der Waals surface area contributed by atoms with Crippen LogP contribution in [0.1, 0.15) is 20.8 Å². The number of hydrogen-bond acceptors (Lipinski definition) is 3. The maximum Gasteiger partial charge on any atom is 0.337 e. The van der Waals surface area contributed by atoms with Gasteiger partial charge in [-0.15, -0.1) is 11.3 Å². The zero-order chi connectivity index (χ0) is 19.0. The van der Waals surface area contributed by atoms with Gasteiger partial charge in [-0.25, -0.2) is 9.18 Å². The molecule has 0 fully saturated rings. The summed E-state index contributed by atoms with van der Waals surface area (Å²) in [5.41, 5.74) is 2.64. The number of benzene rings is 2. The van der Waals surface area contributed by atoms with Crippen LogP contribution in [0.4, 0.5) is 4.39 Å². The van der Waals surface area contributed by atoms with Crippen molar-refractivity contribution in [2.75, 3.05) is 0 Å². The summed E-state index contributed by atoms with van der Waals surface area (Å²) < 4.78 is 14.6. The minimum absolute atomic E-state index is 0.149. The lowest BCUT2D eigenvalue weighted by atomic mass is 10.0. The summed E-state index contributed by atoms with van der Waals surface area (Å²) in [6.45, 7) is 0. The Balaban J connectivity index is 1.76. The molecule has 0 atom stereocenters. The number of nitrogens with zero attached hydrogens (tertiary/aromatic N) is 1. The number of aromatic carboxylic acids is 1. The number of aromatic nitrogens is 1. The summed E-state index contributed by atoms with van der Waals surface area (Å²) in [5.74, 6) is -1.36. The highest BCUT2D eigenvalue weighted by Crippen LogP contribution is 2.36. The molecule has 0 saturated heterocycles. The quantitative estimate of drug-likeness (QED) is 0.456. The lowest BCUT2D eigenvalue weighted by Gasteiger charge is -2.04. The number of rotatable bonds is 4. The number of thiophene rings is 1. The first kappa shape index (κ1) is 17.6. The van der Waals surface area contributed by atoms with Gasteiger partial charge < -0.3 is 5.11 Å². The van der Waals surface area contributed by atoms with Gasteiger partial charge in [0.1, 0.15) is 5.82 Å². The van der Waals surface area contributed by atoms with Crippen molar-refractivity contribution in [3.63, 3.8) is 0 Å². The Bertz CT molecular complexity index is 1150. The van der Waals surface area contributed by atoms with Gasteiger partial charge in [-0.1, -0.05) is 29.8 Å². The maximum absolute atomic E-state index is 13.6. The van der Waals surface area contributed by atoms with Crippen LogP contribution in [0.3, 0.4) is 0 Å². The van der Waals surface area contributed by atoms with Crippen molar-refractivity contribution in [3.05, 3.63) is 87.8 Å². The largest absolute Gasteiger partial charge is 0.478 e. The van der Waals surface area contributed by atoms with E-state index in [1.54, 1.807) is 29.7 Å². The van der Waals surface area contributed by atoms with Crippen molar-refractivity contribution in [2.24, 2.45) is 0 Å². The van der Waals surface area contributed by atoms with E-state index in [4.69, 9.17) is 11.6 Å². The van der Waals surface area contributed by atoms with Crippen molar-refractivity contribution >= 4 is 39.0 Å². The van der Waals surface area contributed by atoms with Crippen LogP contribution in [-0.2, 0) is 6.42 Å². The normalized spacial score (nSPS) is 11.0. The first-order chi connectivity index (χ1) is 13.0. The van der Waals surface area contributed by atoms with Crippen LogP contribution in [0.15, 0.2) is 60.9 Å². The van der Waals surface area contributed by atoms with E-state index in [0.717, 1.165) is 31.7 Å². The summed E-state index contributed by atoms with van der Waals surface area (Å²) in [5, 5.41) is 10.6. The molecule has 3 nitrogen and oxygen atoms in total. The smallest absolute Gasteiger partial charge is 0.337 e. The maximum atomic E-state index is 13.6. The zero-order valence-electron chi connectivity index (χ0n) is 13.9. The molecule has 0 aliphatic rings. The minimum atomic E-state index is -1.01. The predicted octanol–water partition coefficient (Wildman–Crippen LogP) is 6.04. The Morgan fingerprint density at radius 3 is 2.78 bits per heavy atom. The molecule has 4 rings (SSSR count). The van der Waals surface area contributed by atoms with E-state index in [-0.39, 0.29) is 11.4 Å². The van der Waals surface area contributed by atoms with Gasteiger partial charge in [0.2, 0.25) is 0 Å². The fourth-order valence-corrected chi connectivity index (χ4v) is 4.52. The third-order valence-electron chi connectivity index (χ3n) is 4.19. The van der Waals surface area contributed by atoms with Crippen LogP contribution in [0.5, 0.6) is 0 Å². The standard InChI is InChI=1S/C21H13ClFNO2S/c22-16-4-12(5-17(23)9-16)6-18-8-13-2-1-3-19(20(13)27-18)14-7-15(21(25)26)11-24-10-14/h1-5,7-11H,6H2,(H,25,26). The molecular formula is C21H13ClFNO2S. The van der Waals surface area contributed by atoms with Crippen molar-refractivity contribution in [1.82, 2.24) is 4.98 Å². The van der Waals surface area contributed by atoms with E-state index in [9.17, 15) is 14.3 Å². The average molecular weight is 398 g/mol. The van der Waals surface area contributed by atoms with Crippen molar-refractivity contribution in [3.8, 4) is 11.1 Å². The Labute approximate surface area is 163 Å². The van der Waals surface area contributed by atoms with Gasteiger partial charge in [0.25, 0.3) is 0 Å². The fraction of sp³-hybridized carbons (Fsp3) is 0.0476. The summed E-state index contributed by atoms with van der Waals surface area (Å²) >= 11 is 7.55. The van der Waals surface area contributed by atoms with Gasteiger partial charge in [-0.2, -0.15) is 0 Å². The molecule has 4 aromatic rings. The van der Waals surface area contributed by atoms with Gasteiger partial charge in [-0.3, -0.25) is 4.98 Å². The van der Waals surface area contributed by atoms with Crippen LogP contribution < -0.4 is 0 Å². The summed E-state index contributed by atoms with van der Waals surface area (Å²) in [4.78, 5) is 16.4. The monoisotopic (exact) mass is 397 g/mol. The number of fused-ring (bicyclic) bond motifs is 1. The summed E-state index contributed by atoms with van der Waals surface area (Å²) in [7, 11) is 0. The Kier molecular flexibility index (Phi) is 4.64. The van der Waals surface area contributed by atoms with Crippen molar-refractivity contribution in [1.29, 1.82) is 0 Å². The highest BCUT2D eigenvalue weighted by atomic mass is 35.5. The van der Waals surface area contributed by atoms with Gasteiger partial charge in [0, 0.05) is 44.5 Å². The highest BCUT2D eigenvalue weighted by molar-refractivity contribution is 7.19. The highest BCUT2D eigenvalue weighted by Gasteiger charge is 2.12. The zero-order valence-corrected chi connectivity index (χ0v) is 15.5. The Morgan fingerprint density at radius 1 is 1.15 bits per heavy atom. The van der Waals surface area contributed by atoms with Crippen LogP contribution in [0.25, 0.3) is 21.2 Å². The first-order valence-corrected chi connectivity index (χ1v) is 9.34. The number of pyridine rings is 1. The van der Waals surface area contributed by atoms with Crippen molar-refractivity contribution in [2.45, 2.75) is 6.42 Å². The van der Waals surface area contributed by atoms with E-state index in [1.165, 1.54) is 18.3 Å². The van der Waals surface area contributed by atoms with E-state index in [1.807, 2.05) is 18.2 Å². The molecule has 2 aromatic heterocycles. The molecule has 0 saturated carbocycles. The molecule has 0 aliphatic heterocycles. The molecule has 6 heteroatoms. The number of halogens is 2. The number of hydrogen-bond donors (Lipinski definition) is 1. The third kappa shape index (κ3) is 3.70. The molecule has 2 aromatic carbocycles. The fourth-order valence-electron chi connectivity index (χ4n) is 3.05. The second-order valence-electron chi connectivity index (χ2n) is 6.16. The topological polar surface area (TPSA) is 50.2 Å². The second kappa shape index (κ2) is 7.10. The van der Waals surface area contributed by atoms with E-state index in [2.05, 4.69) is 11.1 Å². The molecule has 0 spiro atoms. The van der Waals surface area contributed by atoms with Crippen LogP contribution >= 0.6 is 22.9 Å². The lowest BCUT2D eigenvalue weighted by molar-refractivity contribution is 0.0696. The van der Waals surface area contributed by atoms with E-state index < -0.39 is 5.97 Å². The van der Waals surface area contributed by atoms with Gasteiger partial charge in [0.05, 0.1) is 5.56 Å². The van der Waals surface area contributed by atoms with Crippen molar-refractivity contribution < 1.29 is 14.3 Å². The third-order valence-corrected chi connectivity index (χ3v) is 5.59. The van der Waals surface area contributed by atoms with E-state index in [0.29, 0.717) is 11.4 Å². The Morgan fingerprint density at radius 2 is 2.00 bits per heavy atom. The molecule has 0 amide bonds. The van der Waals surface area contributed by atoms with Gasteiger partial charge in [0.15, 0.2) is 0 Å². The van der Waals surface area contributed by atoms with Crippen LogP contribution in [-0.4, -0.2) is 16.1 Å². The van der Waals surface area contributed by atoms with Crippen LogP contribution in [0, 0.1) is 5.82 Å². The molecule has 0 radical (unpaired) electrons. The average Bonchev–Trinajstić information content (AvgIpc) is 3.03. The van der Waals surface area contributed by atoms with Crippen LogP contribution in [0.2, 0.25) is 5.02 Å². The molecule has 0 aliphatic carbocycles. The summed E-state index contributed by atoms with van der Waals surface area (Å²) in [6, 6.07) is 14.1. The molecule has 1 N–H and O–H groups in total. The second-order valence-corrected chi connectivity index (χ2v) is 7.73. The Hall–Kier alpha value is -2.76. The molecule has 27 heavy (non-hydrogen) atoms. The number of carboxylic acids is 1. The minimum Gasteiger partial charge on any atom is -0.478 e. The predicted molar refractivity (Wildman–Crippen MR) is 106 cm³/mol. The molecule has 2 heterocycles.